The lowest BCUT2D eigenvalue weighted by molar-refractivity contribution is -0.144. The lowest BCUT2D eigenvalue weighted by Crippen LogP contribution is -2.26. The van der Waals surface area contributed by atoms with Crippen LogP contribution >= 0.6 is 23.2 Å². The van der Waals surface area contributed by atoms with Gasteiger partial charge in [0.2, 0.25) is 0 Å². The van der Waals surface area contributed by atoms with Crippen molar-refractivity contribution in [1.82, 2.24) is 9.13 Å². The third-order valence-corrected chi connectivity index (χ3v) is 11.4. The van der Waals surface area contributed by atoms with Crippen LogP contribution in [0.1, 0.15) is 48.8 Å². The van der Waals surface area contributed by atoms with E-state index in [1.54, 1.807) is 61.5 Å². The molecule has 360 valence electrons. The summed E-state index contributed by atoms with van der Waals surface area (Å²) in [5.41, 5.74) is -1.62. The molecule has 6 aromatic carbocycles. The van der Waals surface area contributed by atoms with Crippen LogP contribution in [0.5, 0.6) is 17.2 Å². The molecule has 8 rings (SSSR count). The van der Waals surface area contributed by atoms with E-state index in [9.17, 15) is 50.6 Å². The second-order valence-corrected chi connectivity index (χ2v) is 16.5. The molecule has 0 radical (unpaired) electrons. The highest BCUT2D eigenvalue weighted by molar-refractivity contribution is 6.49. The number of aromatic nitrogens is 2. The van der Waals surface area contributed by atoms with E-state index < -0.39 is 58.2 Å². The van der Waals surface area contributed by atoms with E-state index in [0.717, 1.165) is 15.2 Å². The molecule has 19 heteroatoms. The number of carbonyl (C=O) groups is 4. The molecule has 0 spiro atoms. The number of nitrogens with zero attached hydrogens (tertiary/aromatic N) is 2. The number of methoxy groups -OCH3 is 2. The Hall–Kier alpha value is -7.76. The number of alkyl halides is 6. The van der Waals surface area contributed by atoms with Gasteiger partial charge in [-0.1, -0.05) is 59.1 Å². The maximum absolute atomic E-state index is 14.4. The van der Waals surface area contributed by atoms with Gasteiger partial charge in [-0.3, -0.25) is 19.2 Å². The lowest BCUT2D eigenvalue weighted by Gasteiger charge is -2.15. The third kappa shape index (κ3) is 11.1. The molecule has 0 aliphatic heterocycles. The van der Waals surface area contributed by atoms with Crippen molar-refractivity contribution in [3.8, 4) is 17.2 Å². The van der Waals surface area contributed by atoms with Crippen LogP contribution in [0.15, 0.2) is 133 Å². The molecule has 0 fully saturated rings. The first-order valence-corrected chi connectivity index (χ1v) is 21.5. The highest BCUT2D eigenvalue weighted by Crippen LogP contribution is 2.42. The van der Waals surface area contributed by atoms with E-state index in [-0.39, 0.29) is 52.0 Å². The van der Waals surface area contributed by atoms with Crippen molar-refractivity contribution in [3.05, 3.63) is 183 Å². The minimum absolute atomic E-state index is 0.0330. The van der Waals surface area contributed by atoms with Crippen molar-refractivity contribution in [3.63, 3.8) is 0 Å². The van der Waals surface area contributed by atoms with Crippen molar-refractivity contribution < 1.29 is 60.1 Å². The predicted molar refractivity (Wildman–Crippen MR) is 253 cm³/mol. The molecule has 3 N–H and O–H groups in total. The summed E-state index contributed by atoms with van der Waals surface area (Å²) in [7, 11) is 2.92. The molecule has 0 bridgehead atoms. The molecule has 0 aliphatic rings. The predicted octanol–water partition coefficient (Wildman–Crippen LogP) is 12.4. The summed E-state index contributed by atoms with van der Waals surface area (Å²) in [5, 5.41) is 15.4. The minimum atomic E-state index is -4.98. The quantitative estimate of drug-likeness (QED) is 0.0629. The second-order valence-electron chi connectivity index (χ2n) is 15.6. The lowest BCUT2D eigenvalue weighted by atomic mass is 10.0. The number of Topliss-reactive ketones (excluding diaryl/α,β-unsaturated/α-hetero) is 2. The number of amides is 2. The molecule has 0 aliphatic carbocycles. The van der Waals surface area contributed by atoms with Gasteiger partial charge in [-0.25, -0.2) is 0 Å². The van der Waals surface area contributed by atoms with Gasteiger partial charge in [0.25, 0.3) is 23.4 Å². The number of aryl methyl sites for hydroxylation is 1. The maximum Gasteiger partial charge on any atom is 0.432 e. The molecule has 0 saturated carbocycles. The molecular formula is C51H38Cl2F6N4O7. The number of rotatable bonds is 12. The number of phenols is 1. The summed E-state index contributed by atoms with van der Waals surface area (Å²) < 4.78 is 98.3. The Morgan fingerprint density at radius 1 is 0.543 bits per heavy atom. The fourth-order valence-electron chi connectivity index (χ4n) is 7.69. The largest absolute Gasteiger partial charge is 0.508 e. The monoisotopic (exact) mass is 1000 g/mol. The Kier molecular flexibility index (Phi) is 14.6. The molecule has 2 aromatic heterocycles. The number of phenolic OH excluding ortho intramolecular Hbond substituents is 1. The number of fused-ring (bicyclic) bond motifs is 2. The molecule has 0 atom stereocenters. The number of aromatic hydroxyl groups is 1. The van der Waals surface area contributed by atoms with Gasteiger partial charge >= 0.3 is 12.4 Å². The summed E-state index contributed by atoms with van der Waals surface area (Å²) in [4.78, 5) is 51.9. The van der Waals surface area contributed by atoms with Crippen molar-refractivity contribution in [1.29, 1.82) is 0 Å². The Balaban J connectivity index is 0.000000206. The van der Waals surface area contributed by atoms with Crippen molar-refractivity contribution in [2.75, 3.05) is 24.9 Å². The average molecular weight is 1000 g/mol. The smallest absolute Gasteiger partial charge is 0.432 e. The van der Waals surface area contributed by atoms with Gasteiger partial charge in [-0.15, -0.1) is 0 Å². The summed E-state index contributed by atoms with van der Waals surface area (Å²) in [6.45, 7) is 1.29. The van der Waals surface area contributed by atoms with Crippen LogP contribution in [0, 0.1) is 6.92 Å². The SMILES string of the molecule is COc1ccc(NC(=O)C(=O)c2c(C(F)(F)F)n(Cc3ccc(Cl)cc3)c3ccc(C)cc23)cc1.COc1ccc(NC(=O)C(=O)c2c(C(F)(F)F)n(Cc3ccc(Cl)cc3)c3ccc(O)cc23)cc1. The van der Waals surface area contributed by atoms with Gasteiger partial charge in [0.1, 0.15) is 28.6 Å². The minimum Gasteiger partial charge on any atom is -0.508 e. The van der Waals surface area contributed by atoms with Crippen LogP contribution in [-0.2, 0) is 35.0 Å². The van der Waals surface area contributed by atoms with E-state index in [1.807, 2.05) is 0 Å². The Labute approximate surface area is 404 Å². The molecule has 8 aromatic rings. The zero-order valence-electron chi connectivity index (χ0n) is 36.9. The Morgan fingerprint density at radius 2 is 0.914 bits per heavy atom. The second kappa shape index (κ2) is 20.5. The number of ether oxygens (including phenoxy) is 2. The number of benzene rings is 6. The Morgan fingerprint density at radius 3 is 1.29 bits per heavy atom. The van der Waals surface area contributed by atoms with E-state index in [2.05, 4.69) is 10.6 Å². The van der Waals surface area contributed by atoms with Gasteiger partial charge in [-0.2, -0.15) is 26.3 Å². The number of hydrogen-bond donors (Lipinski definition) is 3. The molecule has 2 heterocycles. The first kappa shape index (κ1) is 50.1. The summed E-state index contributed by atoms with van der Waals surface area (Å²) in [6, 6.07) is 32.8. The zero-order valence-corrected chi connectivity index (χ0v) is 38.4. The topological polar surface area (TPSA) is 141 Å². The highest BCUT2D eigenvalue weighted by atomic mass is 35.5. The first-order chi connectivity index (χ1) is 33.2. The summed E-state index contributed by atoms with van der Waals surface area (Å²) in [5.74, 6) is -4.43. The van der Waals surface area contributed by atoms with Gasteiger partial charge in [0.05, 0.1) is 25.3 Å². The molecule has 2 amide bonds. The summed E-state index contributed by atoms with van der Waals surface area (Å²) >= 11 is 11.8. The number of hydrogen-bond acceptors (Lipinski definition) is 7. The fraction of sp³-hybridized carbons (Fsp3) is 0.137. The highest BCUT2D eigenvalue weighted by Gasteiger charge is 2.44. The third-order valence-electron chi connectivity index (χ3n) is 10.9. The molecule has 0 unspecified atom stereocenters. The molecule has 11 nitrogen and oxygen atoms in total. The van der Waals surface area contributed by atoms with Crippen molar-refractivity contribution in [2.24, 2.45) is 0 Å². The number of halogens is 8. The fourth-order valence-corrected chi connectivity index (χ4v) is 7.94. The normalized spacial score (nSPS) is 11.5. The number of anilines is 2. The van der Waals surface area contributed by atoms with Crippen LogP contribution in [0.3, 0.4) is 0 Å². The zero-order chi connectivity index (χ0) is 50.7. The standard InChI is InChI=1S/C26H20ClF3N2O3.C25H18ClF3N2O4/c1-15-3-12-21-20(13-15)22(23(33)25(34)31-18-8-10-19(35-2)11-9-18)24(26(28,29)30)32(21)14-16-4-6-17(27)7-5-16;1-35-18-9-6-16(7-10-18)30-24(34)22(33)21-19-12-17(32)8-11-20(19)31(23(21)25(27,28)29)13-14-2-4-15(26)5-3-14/h3-13H,14H2,1-2H3,(H,31,34);2-12,32H,13H2,1H3,(H,30,34). The van der Waals surface area contributed by atoms with Gasteiger partial charge < -0.3 is 34.3 Å². The van der Waals surface area contributed by atoms with Gasteiger partial charge in [-0.05, 0) is 121 Å². The van der Waals surface area contributed by atoms with E-state index in [0.29, 0.717) is 38.2 Å². The molecular weight excluding hydrogens is 965 g/mol. The number of ketones is 2. The number of carbonyl (C=O) groups excluding carboxylic acids is 4. The van der Waals surface area contributed by atoms with E-state index in [4.69, 9.17) is 32.7 Å². The number of nitrogens with one attached hydrogen (secondary N) is 2. The van der Waals surface area contributed by atoms with Gasteiger partial charge in [0.15, 0.2) is 0 Å². The van der Waals surface area contributed by atoms with Crippen LogP contribution in [0.25, 0.3) is 21.8 Å². The van der Waals surface area contributed by atoms with Crippen LogP contribution in [0.4, 0.5) is 37.7 Å². The van der Waals surface area contributed by atoms with Crippen LogP contribution < -0.4 is 20.1 Å². The van der Waals surface area contributed by atoms with E-state index >= 15 is 0 Å². The van der Waals surface area contributed by atoms with Crippen LogP contribution in [0.2, 0.25) is 10.0 Å². The molecule has 70 heavy (non-hydrogen) atoms. The van der Waals surface area contributed by atoms with E-state index in [1.165, 1.54) is 87.0 Å². The van der Waals surface area contributed by atoms with Crippen molar-refractivity contribution in [2.45, 2.75) is 32.4 Å². The average Bonchev–Trinajstić information content (AvgIpc) is 3.82. The maximum atomic E-state index is 14.4. The Bertz CT molecular complexity index is 3040. The first-order valence-electron chi connectivity index (χ1n) is 20.8. The van der Waals surface area contributed by atoms with Crippen LogP contribution in [-0.4, -0.2) is 51.8 Å². The van der Waals surface area contributed by atoms with Crippen molar-refractivity contribution >= 4 is 79.8 Å². The van der Waals surface area contributed by atoms with Gasteiger partial charge in [0, 0.05) is 56.3 Å². The molecule has 0 saturated heterocycles. The summed E-state index contributed by atoms with van der Waals surface area (Å²) in [6.07, 6.45) is -9.88.